The van der Waals surface area contributed by atoms with E-state index in [1.54, 1.807) is 6.08 Å². The lowest BCUT2D eigenvalue weighted by Crippen LogP contribution is -2.80. The first-order chi connectivity index (χ1) is 20.0. The number of hydrogen-bond acceptors (Lipinski definition) is 8. The Labute approximate surface area is 251 Å². The number of carbonyl (C=O) groups excluding carboxylic acids is 2. The highest BCUT2D eigenvalue weighted by Crippen LogP contribution is 2.70. The number of ether oxygens (including phenoxy) is 4. The van der Waals surface area contributed by atoms with Gasteiger partial charge in [-0.15, -0.1) is 0 Å². The van der Waals surface area contributed by atoms with Crippen LogP contribution in [0.1, 0.15) is 82.8 Å². The highest BCUT2D eigenvalue weighted by Gasteiger charge is 2.85. The molecule has 0 unspecified atom stereocenters. The van der Waals surface area contributed by atoms with Crippen LogP contribution in [0.5, 0.6) is 17.2 Å². The Morgan fingerprint density at radius 1 is 1.09 bits per heavy atom. The summed E-state index contributed by atoms with van der Waals surface area (Å²) in [4.78, 5) is 41.2. The topological polar surface area (TPSA) is 129 Å². The number of Topliss-reactive ketones (excluding diaryl/α,β-unsaturated/α-hetero) is 2. The van der Waals surface area contributed by atoms with Gasteiger partial charge in [0.15, 0.2) is 22.8 Å². The predicted molar refractivity (Wildman–Crippen MR) is 157 cm³/mol. The van der Waals surface area contributed by atoms with Crippen molar-refractivity contribution in [3.8, 4) is 17.2 Å². The van der Waals surface area contributed by atoms with Crippen LogP contribution in [0, 0.1) is 17.8 Å². The lowest BCUT2D eigenvalue weighted by atomic mass is 9.45. The molecule has 9 heteroatoms. The van der Waals surface area contributed by atoms with Gasteiger partial charge in [-0.25, -0.2) is 4.79 Å². The Bertz CT molecular complexity index is 1560. The van der Waals surface area contributed by atoms with Crippen LogP contribution < -0.4 is 9.47 Å². The van der Waals surface area contributed by atoms with Crippen molar-refractivity contribution >= 4 is 23.6 Å². The molecule has 43 heavy (non-hydrogen) atoms. The van der Waals surface area contributed by atoms with Crippen LogP contribution in [-0.4, -0.2) is 63.4 Å². The minimum absolute atomic E-state index is 0.0474. The first-order valence-corrected chi connectivity index (χ1v) is 14.9. The van der Waals surface area contributed by atoms with Gasteiger partial charge in [0.25, 0.3) is 0 Å². The van der Waals surface area contributed by atoms with Crippen LogP contribution in [0.2, 0.25) is 0 Å². The van der Waals surface area contributed by atoms with Crippen molar-refractivity contribution < 1.29 is 43.5 Å². The average molecular weight is 593 g/mol. The van der Waals surface area contributed by atoms with E-state index in [0.29, 0.717) is 29.7 Å². The van der Waals surface area contributed by atoms with Crippen molar-refractivity contribution in [2.45, 2.75) is 96.2 Å². The number of rotatable bonds is 6. The summed E-state index contributed by atoms with van der Waals surface area (Å²) in [6.45, 7) is 13.0. The Kier molecular flexibility index (Phi) is 6.40. The molecule has 1 spiro atoms. The number of benzene rings is 1. The summed E-state index contributed by atoms with van der Waals surface area (Å²) in [6.07, 6.45) is 6.97. The summed E-state index contributed by atoms with van der Waals surface area (Å²) in [5.74, 6) is -3.41. The third-order valence-corrected chi connectivity index (χ3v) is 10.2. The van der Waals surface area contributed by atoms with Crippen molar-refractivity contribution in [2.24, 2.45) is 17.8 Å². The number of carboxylic acids is 1. The van der Waals surface area contributed by atoms with Crippen LogP contribution >= 0.6 is 0 Å². The number of carboxylic acid groups (broad SMARTS) is 1. The molecular formula is C34H40O9. The smallest absolute Gasteiger partial charge is 0.330 e. The molecule has 1 aromatic rings. The summed E-state index contributed by atoms with van der Waals surface area (Å²) in [6, 6.07) is 0. The average Bonchev–Trinajstić information content (AvgIpc) is 3.06. The molecule has 0 aromatic heterocycles. The van der Waals surface area contributed by atoms with E-state index in [2.05, 4.69) is 0 Å². The molecule has 3 aliphatic carbocycles. The zero-order chi connectivity index (χ0) is 31.4. The van der Waals surface area contributed by atoms with E-state index >= 15 is 0 Å². The molecule has 0 amide bonds. The summed E-state index contributed by atoms with van der Waals surface area (Å²) in [7, 11) is 1.48. The lowest BCUT2D eigenvalue weighted by Gasteiger charge is -2.62. The van der Waals surface area contributed by atoms with Crippen LogP contribution in [-0.2, 0) is 25.5 Å². The number of phenols is 1. The molecule has 1 aromatic carbocycles. The van der Waals surface area contributed by atoms with Crippen LogP contribution in [0.15, 0.2) is 29.4 Å². The monoisotopic (exact) mass is 592 g/mol. The molecule has 6 aliphatic rings. The van der Waals surface area contributed by atoms with Crippen LogP contribution in [0.4, 0.5) is 0 Å². The number of fused-ring (bicyclic) bond motifs is 2. The van der Waals surface area contributed by atoms with E-state index in [1.807, 2.05) is 53.7 Å². The maximum Gasteiger partial charge on any atom is 0.330 e. The Hall–Kier alpha value is -3.43. The lowest BCUT2D eigenvalue weighted by molar-refractivity contribution is -0.224. The Morgan fingerprint density at radius 2 is 1.79 bits per heavy atom. The molecule has 0 radical (unpaired) electrons. The number of carbonyl (C=O) groups is 3. The summed E-state index contributed by atoms with van der Waals surface area (Å²) in [5.41, 5.74) is -2.57. The number of allylic oxidation sites excluding steroid dienone is 2. The van der Waals surface area contributed by atoms with Gasteiger partial charge in [0.05, 0.1) is 23.2 Å². The van der Waals surface area contributed by atoms with E-state index in [-0.39, 0.29) is 40.6 Å². The SMILES string of the molecule is CO[C@@H]1[C@H]2C[C@@H]3C(C)(C)O[C@](C/C=C(/C)C(=O)O)(C2=O)[C@@]32Oc3c(CC=C(C)C)c4c(c(O)c3C(=O)[C@@H]12)C=CC(C)(C)O4. The Morgan fingerprint density at radius 3 is 2.42 bits per heavy atom. The molecule has 4 bridgehead atoms. The normalized spacial score (nSPS) is 34.1. The molecule has 9 nitrogen and oxygen atoms in total. The standard InChI is InChI=1S/C34H40O9/c1-16(2)9-10-19-26-18(12-13-31(4,5)41-26)24(35)22-25(36)23-28(40-8)20-15-21-32(6,7)43-33(29(20)37,14-11-17(3)30(38)39)34(21,23)42-27(19)22/h9,11-13,20-21,23,28,35H,10,14-15H2,1-8H3,(H,38,39)/b17-11-/t20-,21-,23+,28-,33-,34-/m1/s1. The van der Waals surface area contributed by atoms with Gasteiger partial charge in [-0.3, -0.25) is 9.59 Å². The fraction of sp³-hybridized carbons (Fsp3) is 0.559. The minimum atomic E-state index is -1.65. The van der Waals surface area contributed by atoms with E-state index < -0.39 is 52.2 Å². The van der Waals surface area contributed by atoms with Gasteiger partial charge >= 0.3 is 5.97 Å². The molecule has 3 heterocycles. The highest BCUT2D eigenvalue weighted by atomic mass is 16.6. The quantitative estimate of drug-likeness (QED) is 0.338. The van der Waals surface area contributed by atoms with Gasteiger partial charge in [-0.2, -0.15) is 0 Å². The molecule has 3 saturated carbocycles. The van der Waals surface area contributed by atoms with Gasteiger partial charge in [-0.05, 0) is 73.5 Å². The zero-order valence-electron chi connectivity index (χ0n) is 26.0. The molecule has 4 fully saturated rings. The summed E-state index contributed by atoms with van der Waals surface area (Å²) < 4.78 is 26.2. The third-order valence-electron chi connectivity index (χ3n) is 10.2. The van der Waals surface area contributed by atoms with E-state index in [1.165, 1.54) is 20.1 Å². The van der Waals surface area contributed by atoms with Crippen molar-refractivity contribution in [3.05, 3.63) is 46.1 Å². The van der Waals surface area contributed by atoms with Crippen LogP contribution in [0.25, 0.3) is 6.08 Å². The van der Waals surface area contributed by atoms with Crippen molar-refractivity contribution in [3.63, 3.8) is 0 Å². The minimum Gasteiger partial charge on any atom is -0.506 e. The fourth-order valence-electron chi connectivity index (χ4n) is 8.31. The fourth-order valence-corrected chi connectivity index (χ4v) is 8.31. The number of hydrogen-bond donors (Lipinski definition) is 2. The van der Waals surface area contributed by atoms with Gasteiger partial charge in [-0.1, -0.05) is 17.7 Å². The second kappa shape index (κ2) is 9.29. The third kappa shape index (κ3) is 3.80. The number of aliphatic carboxylic acids is 1. The van der Waals surface area contributed by atoms with Gasteiger partial charge < -0.3 is 29.2 Å². The molecule has 230 valence electrons. The molecule has 3 aliphatic heterocycles. The van der Waals surface area contributed by atoms with Crippen molar-refractivity contribution in [1.29, 1.82) is 0 Å². The van der Waals surface area contributed by atoms with Crippen molar-refractivity contribution in [1.82, 2.24) is 0 Å². The molecule has 6 atom stereocenters. The molecule has 2 N–H and O–H groups in total. The summed E-state index contributed by atoms with van der Waals surface area (Å²) in [5, 5.41) is 21.3. The van der Waals surface area contributed by atoms with Gasteiger partial charge in [0.2, 0.25) is 0 Å². The van der Waals surface area contributed by atoms with Crippen LogP contribution in [0.3, 0.4) is 0 Å². The summed E-state index contributed by atoms with van der Waals surface area (Å²) >= 11 is 0. The second-order valence-electron chi connectivity index (χ2n) is 13.9. The molecular weight excluding hydrogens is 552 g/mol. The van der Waals surface area contributed by atoms with E-state index in [4.69, 9.17) is 18.9 Å². The number of phenolic OH excluding ortho intramolecular Hbond substituents is 1. The van der Waals surface area contributed by atoms with E-state index in [9.17, 15) is 24.6 Å². The second-order valence-corrected chi connectivity index (χ2v) is 13.9. The van der Waals surface area contributed by atoms with Gasteiger partial charge in [0.1, 0.15) is 28.4 Å². The number of aromatic hydroxyl groups is 1. The Balaban J connectivity index is 1.68. The highest BCUT2D eigenvalue weighted by molar-refractivity contribution is 6.10. The van der Waals surface area contributed by atoms with E-state index in [0.717, 1.165) is 5.57 Å². The zero-order valence-corrected chi connectivity index (χ0v) is 26.0. The van der Waals surface area contributed by atoms with Gasteiger partial charge in [0, 0.05) is 36.5 Å². The van der Waals surface area contributed by atoms with Crippen molar-refractivity contribution in [2.75, 3.05) is 7.11 Å². The molecule has 7 rings (SSSR count). The number of ketones is 2. The first-order valence-electron chi connectivity index (χ1n) is 14.9. The predicted octanol–water partition coefficient (Wildman–Crippen LogP) is 5.22. The maximum atomic E-state index is 14.9. The number of methoxy groups -OCH3 is 1. The largest absolute Gasteiger partial charge is 0.506 e. The molecule has 1 saturated heterocycles. The first kappa shape index (κ1) is 29.6. The maximum absolute atomic E-state index is 14.9.